The predicted octanol–water partition coefficient (Wildman–Crippen LogP) is 4.12. The molecule has 1 nitrogen and oxygen atoms in total. The molecule has 18 heavy (non-hydrogen) atoms. The first-order valence-corrected chi connectivity index (χ1v) is 7.36. The number of aryl methyl sites for hydroxylation is 1. The number of benzene rings is 1. The molecule has 0 radical (unpaired) electrons. The van der Waals surface area contributed by atoms with Gasteiger partial charge in [0.1, 0.15) is 0 Å². The molecule has 0 amide bonds. The topological polar surface area (TPSA) is 12.0 Å². The van der Waals surface area contributed by atoms with Crippen molar-refractivity contribution in [3.63, 3.8) is 0 Å². The molecule has 0 aliphatic heterocycles. The molecule has 0 aromatic heterocycles. The van der Waals surface area contributed by atoms with Crippen molar-refractivity contribution >= 4 is 0 Å². The molecule has 100 valence electrons. The van der Waals surface area contributed by atoms with Crippen LogP contribution in [0.15, 0.2) is 24.3 Å². The van der Waals surface area contributed by atoms with Gasteiger partial charge in [-0.1, -0.05) is 50.6 Å². The zero-order chi connectivity index (χ0) is 13.1. The number of hydrogen-bond donors (Lipinski definition) is 1. The molecule has 1 unspecified atom stereocenters. The smallest absolute Gasteiger partial charge is 0.00788 e. The van der Waals surface area contributed by atoms with E-state index < -0.39 is 0 Å². The summed E-state index contributed by atoms with van der Waals surface area (Å²) in [5.74, 6) is 2.35. The van der Waals surface area contributed by atoms with Gasteiger partial charge < -0.3 is 5.32 Å². The molecule has 1 N–H and O–H groups in total. The van der Waals surface area contributed by atoms with Gasteiger partial charge in [0.15, 0.2) is 0 Å². The molecule has 0 bridgehead atoms. The molecule has 0 saturated heterocycles. The van der Waals surface area contributed by atoms with Crippen LogP contribution in [0.1, 0.15) is 50.7 Å². The Labute approximate surface area is 112 Å². The van der Waals surface area contributed by atoms with E-state index in [0.717, 1.165) is 23.8 Å². The van der Waals surface area contributed by atoms with E-state index in [-0.39, 0.29) is 0 Å². The molecule has 1 atom stereocenters. The SMILES string of the molecule is Cc1ccc(C2CC(NCC(C)C(C)C)C2)cc1. The molecular formula is C17H27N. The highest BCUT2D eigenvalue weighted by Gasteiger charge is 2.29. The third kappa shape index (κ3) is 3.35. The van der Waals surface area contributed by atoms with Crippen molar-refractivity contribution in [2.45, 2.75) is 52.5 Å². The largest absolute Gasteiger partial charge is 0.314 e. The normalized spacial score (nSPS) is 24.9. The molecule has 1 aliphatic rings. The number of hydrogen-bond acceptors (Lipinski definition) is 1. The van der Waals surface area contributed by atoms with E-state index >= 15 is 0 Å². The zero-order valence-electron chi connectivity index (χ0n) is 12.2. The second-order valence-corrected chi connectivity index (χ2v) is 6.41. The predicted molar refractivity (Wildman–Crippen MR) is 78.9 cm³/mol. The van der Waals surface area contributed by atoms with Crippen LogP contribution in [0.5, 0.6) is 0 Å². The molecule has 1 heteroatoms. The molecular weight excluding hydrogens is 218 g/mol. The fourth-order valence-corrected chi connectivity index (χ4v) is 2.48. The molecule has 1 saturated carbocycles. The third-order valence-electron chi connectivity index (χ3n) is 4.55. The summed E-state index contributed by atoms with van der Waals surface area (Å²) < 4.78 is 0. The summed E-state index contributed by atoms with van der Waals surface area (Å²) in [5.41, 5.74) is 2.88. The van der Waals surface area contributed by atoms with Crippen molar-refractivity contribution < 1.29 is 0 Å². The van der Waals surface area contributed by atoms with Crippen LogP contribution in [-0.2, 0) is 0 Å². The van der Waals surface area contributed by atoms with E-state index in [9.17, 15) is 0 Å². The van der Waals surface area contributed by atoms with E-state index in [1.54, 1.807) is 0 Å². The molecule has 0 spiro atoms. The molecule has 2 rings (SSSR count). The summed E-state index contributed by atoms with van der Waals surface area (Å²) in [7, 11) is 0. The van der Waals surface area contributed by atoms with Crippen LogP contribution in [0.25, 0.3) is 0 Å². The Bertz CT molecular complexity index is 360. The highest BCUT2D eigenvalue weighted by Crippen LogP contribution is 2.36. The second-order valence-electron chi connectivity index (χ2n) is 6.41. The Kier molecular flexibility index (Phi) is 4.45. The lowest BCUT2D eigenvalue weighted by Gasteiger charge is -2.37. The summed E-state index contributed by atoms with van der Waals surface area (Å²) in [6.07, 6.45) is 2.63. The van der Waals surface area contributed by atoms with Crippen LogP contribution in [-0.4, -0.2) is 12.6 Å². The van der Waals surface area contributed by atoms with Crippen LogP contribution in [0.4, 0.5) is 0 Å². The maximum Gasteiger partial charge on any atom is 0.00788 e. The zero-order valence-corrected chi connectivity index (χ0v) is 12.2. The second kappa shape index (κ2) is 5.88. The van der Waals surface area contributed by atoms with Crippen molar-refractivity contribution in [2.24, 2.45) is 11.8 Å². The van der Waals surface area contributed by atoms with Crippen molar-refractivity contribution in [2.75, 3.05) is 6.54 Å². The molecule has 1 aliphatic carbocycles. The highest BCUT2D eigenvalue weighted by atomic mass is 14.9. The standard InChI is InChI=1S/C17H27N/c1-12(2)14(4)11-18-17-9-16(10-17)15-7-5-13(3)6-8-15/h5-8,12,14,16-18H,9-11H2,1-4H3. The first kappa shape index (κ1) is 13.6. The summed E-state index contributed by atoms with van der Waals surface area (Å²) in [6, 6.07) is 9.81. The molecule has 1 aromatic rings. The van der Waals surface area contributed by atoms with Crippen LogP contribution in [0, 0.1) is 18.8 Å². The molecule has 1 aromatic carbocycles. The maximum absolute atomic E-state index is 3.71. The van der Waals surface area contributed by atoms with E-state index in [1.807, 2.05) is 0 Å². The van der Waals surface area contributed by atoms with E-state index in [0.29, 0.717) is 0 Å². The summed E-state index contributed by atoms with van der Waals surface area (Å²) in [5, 5.41) is 3.71. The third-order valence-corrected chi connectivity index (χ3v) is 4.55. The van der Waals surface area contributed by atoms with Gasteiger partial charge in [0.2, 0.25) is 0 Å². The number of rotatable bonds is 5. The first-order chi connectivity index (χ1) is 8.56. The lowest BCUT2D eigenvalue weighted by Crippen LogP contribution is -2.42. The van der Waals surface area contributed by atoms with Gasteiger partial charge >= 0.3 is 0 Å². The van der Waals surface area contributed by atoms with E-state index in [4.69, 9.17) is 0 Å². The van der Waals surface area contributed by atoms with Crippen LogP contribution >= 0.6 is 0 Å². The maximum atomic E-state index is 3.71. The Morgan fingerprint density at radius 2 is 1.72 bits per heavy atom. The van der Waals surface area contributed by atoms with Gasteiger partial charge in [0.05, 0.1) is 0 Å². The van der Waals surface area contributed by atoms with Gasteiger partial charge in [0, 0.05) is 6.04 Å². The Morgan fingerprint density at radius 1 is 1.11 bits per heavy atom. The Hall–Kier alpha value is -0.820. The monoisotopic (exact) mass is 245 g/mol. The summed E-state index contributed by atoms with van der Waals surface area (Å²) >= 11 is 0. The van der Waals surface area contributed by atoms with Gasteiger partial charge in [-0.3, -0.25) is 0 Å². The van der Waals surface area contributed by atoms with Gasteiger partial charge in [-0.25, -0.2) is 0 Å². The fraction of sp³-hybridized carbons (Fsp3) is 0.647. The van der Waals surface area contributed by atoms with Crippen LogP contribution in [0.2, 0.25) is 0 Å². The number of nitrogens with one attached hydrogen (secondary N) is 1. The highest BCUT2D eigenvalue weighted by molar-refractivity contribution is 5.26. The van der Waals surface area contributed by atoms with Gasteiger partial charge in [-0.15, -0.1) is 0 Å². The van der Waals surface area contributed by atoms with Crippen molar-refractivity contribution in [3.8, 4) is 0 Å². The van der Waals surface area contributed by atoms with E-state index in [2.05, 4.69) is 57.3 Å². The molecule has 1 fully saturated rings. The van der Waals surface area contributed by atoms with Gasteiger partial charge in [-0.2, -0.15) is 0 Å². The van der Waals surface area contributed by atoms with Crippen molar-refractivity contribution in [1.29, 1.82) is 0 Å². The average Bonchev–Trinajstić information content (AvgIpc) is 2.28. The lowest BCUT2D eigenvalue weighted by atomic mass is 9.75. The minimum atomic E-state index is 0.748. The van der Waals surface area contributed by atoms with Crippen molar-refractivity contribution in [1.82, 2.24) is 5.32 Å². The van der Waals surface area contributed by atoms with Gasteiger partial charge in [-0.05, 0) is 49.6 Å². The Morgan fingerprint density at radius 3 is 2.28 bits per heavy atom. The van der Waals surface area contributed by atoms with Crippen LogP contribution in [0.3, 0.4) is 0 Å². The van der Waals surface area contributed by atoms with Crippen LogP contribution < -0.4 is 5.32 Å². The Balaban J connectivity index is 1.72. The first-order valence-electron chi connectivity index (χ1n) is 7.36. The molecule has 0 heterocycles. The average molecular weight is 245 g/mol. The summed E-state index contributed by atoms with van der Waals surface area (Å²) in [6.45, 7) is 10.3. The minimum Gasteiger partial charge on any atom is -0.314 e. The van der Waals surface area contributed by atoms with Gasteiger partial charge in [0.25, 0.3) is 0 Å². The van der Waals surface area contributed by atoms with Crippen molar-refractivity contribution in [3.05, 3.63) is 35.4 Å². The fourth-order valence-electron chi connectivity index (χ4n) is 2.48. The van der Waals surface area contributed by atoms with E-state index in [1.165, 1.54) is 30.5 Å². The minimum absolute atomic E-state index is 0.748. The lowest BCUT2D eigenvalue weighted by molar-refractivity contribution is 0.264. The quantitative estimate of drug-likeness (QED) is 0.822. The summed E-state index contributed by atoms with van der Waals surface area (Å²) in [4.78, 5) is 0.